The van der Waals surface area contributed by atoms with Gasteiger partial charge >= 0.3 is 0 Å². The predicted molar refractivity (Wildman–Crippen MR) is 99.9 cm³/mol. The minimum Gasteiger partial charge on any atom is -0.509 e. The van der Waals surface area contributed by atoms with E-state index in [0.717, 1.165) is 24.8 Å². The van der Waals surface area contributed by atoms with Crippen molar-refractivity contribution in [2.24, 2.45) is 11.3 Å². The van der Waals surface area contributed by atoms with Gasteiger partial charge in [0.25, 0.3) is 0 Å². The van der Waals surface area contributed by atoms with Crippen LogP contribution < -0.4 is 9.47 Å². The van der Waals surface area contributed by atoms with Crippen molar-refractivity contribution < 1.29 is 24.8 Å². The molecule has 3 rings (SSSR count). The number of aliphatic hydroxyl groups is 3. The molecule has 0 aromatic heterocycles. The van der Waals surface area contributed by atoms with Crippen LogP contribution in [0.25, 0.3) is 0 Å². The number of hydrogen-bond acceptors (Lipinski definition) is 5. The van der Waals surface area contributed by atoms with E-state index in [2.05, 4.69) is 13.8 Å². The summed E-state index contributed by atoms with van der Waals surface area (Å²) in [7, 11) is 3.23. The van der Waals surface area contributed by atoms with Gasteiger partial charge in [-0.25, -0.2) is 0 Å². The lowest BCUT2D eigenvalue weighted by Crippen LogP contribution is -2.54. The number of methoxy groups -OCH3 is 2. The van der Waals surface area contributed by atoms with Gasteiger partial charge in [-0.3, -0.25) is 0 Å². The Labute approximate surface area is 155 Å². The summed E-state index contributed by atoms with van der Waals surface area (Å²) >= 11 is 0. The van der Waals surface area contributed by atoms with E-state index < -0.39 is 5.60 Å². The molecule has 3 N–H and O–H groups in total. The second-order valence-corrected chi connectivity index (χ2v) is 8.30. The molecule has 26 heavy (non-hydrogen) atoms. The first-order valence-corrected chi connectivity index (χ1v) is 9.27. The molecule has 0 heterocycles. The molecule has 1 fully saturated rings. The average Bonchev–Trinajstić information content (AvgIpc) is 2.70. The second-order valence-electron chi connectivity index (χ2n) is 8.30. The van der Waals surface area contributed by atoms with Gasteiger partial charge in [-0.15, -0.1) is 0 Å². The Bertz CT molecular complexity index is 708. The van der Waals surface area contributed by atoms with Gasteiger partial charge in [-0.1, -0.05) is 20.3 Å². The fraction of sp³-hybridized carbons (Fsp3) is 0.619. The van der Waals surface area contributed by atoms with Gasteiger partial charge in [0.15, 0.2) is 0 Å². The van der Waals surface area contributed by atoms with Gasteiger partial charge in [0, 0.05) is 24.3 Å². The zero-order valence-electron chi connectivity index (χ0n) is 16.1. The Morgan fingerprint density at radius 3 is 2.46 bits per heavy atom. The van der Waals surface area contributed by atoms with Crippen molar-refractivity contribution in [1.82, 2.24) is 0 Å². The van der Waals surface area contributed by atoms with E-state index in [-0.39, 0.29) is 41.6 Å². The van der Waals surface area contributed by atoms with Crippen molar-refractivity contribution in [3.05, 3.63) is 35.3 Å². The highest BCUT2D eigenvalue weighted by Gasteiger charge is 2.56. The third kappa shape index (κ3) is 2.92. The number of aliphatic hydroxyl groups excluding tert-OH is 2. The van der Waals surface area contributed by atoms with Crippen LogP contribution >= 0.6 is 0 Å². The highest BCUT2D eigenvalue weighted by molar-refractivity contribution is 5.44. The lowest BCUT2D eigenvalue weighted by atomic mass is 9.55. The molecule has 1 saturated carbocycles. The number of allylic oxidation sites excluding steroid dienone is 1. The van der Waals surface area contributed by atoms with Crippen LogP contribution in [0.15, 0.2) is 29.7 Å². The molecule has 0 aliphatic heterocycles. The molecule has 5 heteroatoms. The zero-order chi connectivity index (χ0) is 19.1. The summed E-state index contributed by atoms with van der Waals surface area (Å²) in [5.41, 5.74) is -0.563. The topological polar surface area (TPSA) is 79.2 Å². The average molecular weight is 362 g/mol. The molecule has 5 nitrogen and oxygen atoms in total. The van der Waals surface area contributed by atoms with Crippen LogP contribution in [0.5, 0.6) is 11.5 Å². The Kier molecular flexibility index (Phi) is 4.86. The third-order valence-corrected chi connectivity index (χ3v) is 6.61. The van der Waals surface area contributed by atoms with Crippen molar-refractivity contribution in [1.29, 1.82) is 0 Å². The second kappa shape index (κ2) is 6.69. The molecule has 2 aliphatic rings. The summed E-state index contributed by atoms with van der Waals surface area (Å²) in [6.45, 7) is 4.10. The molecular formula is C21H30O5. The standard InChI is InChI=1S/C21H30O5/c1-20(2)9-5-6-16-14(11-17(22)18(23)12-21(16,20)24)15-10-13(25-3)7-8-19(15)26-4/h7-8,10,14,16,22-24H,5-6,9,11-12H2,1-4H3/t14-,16-,21-/m1/s1. The van der Waals surface area contributed by atoms with Crippen LogP contribution in [0.2, 0.25) is 0 Å². The first-order valence-electron chi connectivity index (χ1n) is 9.27. The summed E-state index contributed by atoms with van der Waals surface area (Å²) in [5.74, 6) is 0.996. The van der Waals surface area contributed by atoms with Gasteiger partial charge in [0.1, 0.15) is 23.0 Å². The Hall–Kier alpha value is -1.88. The predicted octanol–water partition coefficient (Wildman–Crippen LogP) is 4.47. The van der Waals surface area contributed by atoms with Gasteiger partial charge in [-0.05, 0) is 42.4 Å². The smallest absolute Gasteiger partial charge is 0.132 e. The number of benzene rings is 1. The highest BCUT2D eigenvalue weighted by atomic mass is 16.5. The maximum absolute atomic E-state index is 11.7. The van der Waals surface area contributed by atoms with E-state index in [1.807, 2.05) is 18.2 Å². The first kappa shape index (κ1) is 18.9. The van der Waals surface area contributed by atoms with E-state index in [9.17, 15) is 15.3 Å². The number of rotatable bonds is 3. The van der Waals surface area contributed by atoms with Crippen molar-refractivity contribution in [2.45, 2.75) is 57.5 Å². The molecule has 0 unspecified atom stereocenters. The van der Waals surface area contributed by atoms with Crippen LogP contribution in [0, 0.1) is 11.3 Å². The molecule has 0 amide bonds. The Morgan fingerprint density at radius 2 is 1.81 bits per heavy atom. The summed E-state index contributed by atoms with van der Waals surface area (Å²) in [5, 5.41) is 32.6. The lowest BCUT2D eigenvalue weighted by Gasteiger charge is -2.53. The molecule has 0 bridgehead atoms. The number of ether oxygens (including phenoxy) is 2. The lowest BCUT2D eigenvalue weighted by molar-refractivity contribution is -0.146. The van der Waals surface area contributed by atoms with Gasteiger partial charge < -0.3 is 24.8 Å². The molecule has 0 radical (unpaired) electrons. The maximum atomic E-state index is 11.7. The minimum atomic E-state index is -1.10. The fourth-order valence-corrected chi connectivity index (χ4v) is 4.91. The van der Waals surface area contributed by atoms with Crippen LogP contribution in [-0.4, -0.2) is 35.1 Å². The molecule has 144 valence electrons. The van der Waals surface area contributed by atoms with Crippen molar-refractivity contribution in [3.8, 4) is 11.5 Å². The van der Waals surface area contributed by atoms with Crippen molar-refractivity contribution >= 4 is 0 Å². The van der Waals surface area contributed by atoms with Crippen molar-refractivity contribution in [2.75, 3.05) is 14.2 Å². The van der Waals surface area contributed by atoms with Crippen LogP contribution in [-0.2, 0) is 0 Å². The number of hydrogen-bond donors (Lipinski definition) is 3. The van der Waals surface area contributed by atoms with E-state index in [4.69, 9.17) is 9.47 Å². The normalized spacial score (nSPS) is 31.1. The monoisotopic (exact) mass is 362 g/mol. The van der Waals surface area contributed by atoms with Crippen molar-refractivity contribution in [3.63, 3.8) is 0 Å². The number of fused-ring (bicyclic) bond motifs is 1. The molecule has 1 aromatic carbocycles. The first-order chi connectivity index (χ1) is 12.2. The summed E-state index contributed by atoms with van der Waals surface area (Å²) in [6.07, 6.45) is 3.09. The highest BCUT2D eigenvalue weighted by Crippen LogP contribution is 2.58. The quantitative estimate of drug-likeness (QED) is 0.739. The largest absolute Gasteiger partial charge is 0.509 e. The maximum Gasteiger partial charge on any atom is 0.132 e. The van der Waals surface area contributed by atoms with Crippen LogP contribution in [0.1, 0.15) is 57.4 Å². The molecule has 0 saturated heterocycles. The van der Waals surface area contributed by atoms with Crippen LogP contribution in [0.3, 0.4) is 0 Å². The van der Waals surface area contributed by atoms with E-state index >= 15 is 0 Å². The van der Waals surface area contributed by atoms with E-state index in [1.165, 1.54) is 0 Å². The van der Waals surface area contributed by atoms with E-state index in [1.54, 1.807) is 14.2 Å². The molecule has 2 aliphatic carbocycles. The third-order valence-electron chi connectivity index (χ3n) is 6.61. The summed E-state index contributed by atoms with van der Waals surface area (Å²) in [4.78, 5) is 0. The Balaban J connectivity index is 2.17. The molecule has 1 aromatic rings. The van der Waals surface area contributed by atoms with Crippen LogP contribution in [0.4, 0.5) is 0 Å². The van der Waals surface area contributed by atoms with Gasteiger partial charge in [0.2, 0.25) is 0 Å². The summed E-state index contributed by atoms with van der Waals surface area (Å²) < 4.78 is 11.0. The SMILES string of the molecule is COc1ccc(OC)c([C@H]2CC(O)=C(O)C[C@@]3(O)[C@@H]2CCCC3(C)C)c1. The molecule has 0 spiro atoms. The molecular weight excluding hydrogens is 332 g/mol. The summed E-state index contributed by atoms with van der Waals surface area (Å²) in [6, 6.07) is 5.61. The fourth-order valence-electron chi connectivity index (χ4n) is 4.91. The minimum absolute atomic E-state index is 0.0431. The van der Waals surface area contributed by atoms with E-state index in [0.29, 0.717) is 11.5 Å². The van der Waals surface area contributed by atoms with Gasteiger partial charge in [0.05, 0.1) is 19.8 Å². The van der Waals surface area contributed by atoms with Gasteiger partial charge in [-0.2, -0.15) is 0 Å². The molecule has 3 atom stereocenters. The zero-order valence-corrected chi connectivity index (χ0v) is 16.1. The Morgan fingerprint density at radius 1 is 1.08 bits per heavy atom.